The minimum absolute atomic E-state index is 0. The van der Waals surface area contributed by atoms with E-state index in [1.165, 1.54) is 0 Å². The average molecular weight is 833 g/mol. The van der Waals surface area contributed by atoms with Gasteiger partial charge in [0.25, 0.3) is 0 Å². The lowest BCUT2D eigenvalue weighted by Gasteiger charge is -2.34. The summed E-state index contributed by atoms with van der Waals surface area (Å²) in [6, 6.07) is 9.75. The highest BCUT2D eigenvalue weighted by molar-refractivity contribution is 6.29. The Hall–Kier alpha value is -1.90. The fraction of sp³-hybridized carbons (Fsp3) is 0.529. The molecule has 0 fully saturated rings. The van der Waals surface area contributed by atoms with Crippen molar-refractivity contribution in [2.45, 2.75) is 66.2 Å². The number of quaternary nitrogens is 2. The van der Waals surface area contributed by atoms with Crippen LogP contribution < -0.4 is 58.6 Å². The van der Waals surface area contributed by atoms with E-state index in [1.807, 2.05) is 0 Å². The highest BCUT2D eigenvalue weighted by Gasteiger charge is 2.31. The number of rotatable bonds is 16. The molecule has 0 radical (unpaired) electrons. The van der Waals surface area contributed by atoms with Gasteiger partial charge >= 0.3 is 0 Å². The smallest absolute Gasteiger partial charge is 0.230 e. The van der Waals surface area contributed by atoms with Crippen LogP contribution in [0.4, 0.5) is 11.4 Å². The van der Waals surface area contributed by atoms with Crippen molar-refractivity contribution < 1.29 is 76.1 Å². The first-order chi connectivity index (χ1) is 20.0. The Balaban J connectivity index is 0.00000484. The molecule has 44 heavy (non-hydrogen) atoms. The summed E-state index contributed by atoms with van der Waals surface area (Å²) in [6.45, 7) is 14.2. The van der Waals surface area contributed by atoms with Gasteiger partial charge in [0, 0.05) is 33.6 Å². The van der Waals surface area contributed by atoms with Gasteiger partial charge < -0.3 is 67.6 Å². The molecule has 1 aliphatic rings. The van der Waals surface area contributed by atoms with Crippen LogP contribution in [0.1, 0.15) is 98.1 Å². The van der Waals surface area contributed by atoms with Crippen molar-refractivity contribution in [3.63, 3.8) is 0 Å². The maximum Gasteiger partial charge on any atom is 0.230 e. The number of hydrogen-bond donors (Lipinski definition) is 2. The van der Waals surface area contributed by atoms with Crippen molar-refractivity contribution in [2.75, 3.05) is 64.0 Å². The molecule has 0 spiro atoms. The third-order valence-corrected chi connectivity index (χ3v) is 8.40. The summed E-state index contributed by atoms with van der Waals surface area (Å²) >= 11 is 0. The molecule has 2 amide bonds. The average Bonchev–Trinajstić information content (AvgIpc) is 2.94. The van der Waals surface area contributed by atoms with Gasteiger partial charge in [-0.3, -0.25) is 19.2 Å². The van der Waals surface area contributed by atoms with E-state index >= 15 is 0 Å². The van der Waals surface area contributed by atoms with E-state index in [4.69, 9.17) is 0 Å². The minimum atomic E-state index is -0.268. The van der Waals surface area contributed by atoms with Gasteiger partial charge in [0.15, 0.2) is 11.6 Å². The Morgan fingerprint density at radius 1 is 0.545 bits per heavy atom. The monoisotopic (exact) mass is 832 g/mol. The second-order valence-corrected chi connectivity index (χ2v) is 12.4. The first-order valence-electron chi connectivity index (χ1n) is 15.6. The van der Waals surface area contributed by atoms with E-state index in [1.54, 1.807) is 36.4 Å². The van der Waals surface area contributed by atoms with Gasteiger partial charge in [-0.15, -0.1) is 0 Å². The van der Waals surface area contributed by atoms with E-state index in [-0.39, 0.29) is 82.5 Å². The van der Waals surface area contributed by atoms with E-state index in [0.717, 1.165) is 73.9 Å². The normalized spacial score (nSPS) is 12.4. The Labute approximate surface area is 297 Å². The van der Waals surface area contributed by atoms with E-state index in [9.17, 15) is 19.2 Å². The van der Waals surface area contributed by atoms with Crippen LogP contribution in [-0.4, -0.2) is 85.7 Å². The molecule has 2 aromatic rings. The van der Waals surface area contributed by atoms with Crippen LogP contribution in [0.3, 0.4) is 0 Å². The molecule has 0 aromatic heterocycles. The third-order valence-electron chi connectivity index (χ3n) is 8.40. The predicted octanol–water partition coefficient (Wildman–Crippen LogP) is -0.340. The molecule has 2 aromatic carbocycles. The van der Waals surface area contributed by atoms with Gasteiger partial charge in [-0.25, -0.2) is 0 Å². The molecule has 2 N–H and O–H groups in total. The summed E-state index contributed by atoms with van der Waals surface area (Å²) in [7, 11) is 4.38. The summed E-state index contributed by atoms with van der Waals surface area (Å²) in [5.41, 5.74) is 2.17. The second-order valence-electron chi connectivity index (χ2n) is 12.4. The quantitative estimate of drug-likeness (QED) is 0.153. The summed E-state index contributed by atoms with van der Waals surface area (Å²) in [4.78, 5) is 52.3. The number of benzene rings is 2. The van der Waals surface area contributed by atoms with Gasteiger partial charge in [-0.05, 0) is 62.1 Å². The molecule has 1 aliphatic carbocycles. The number of carbonyl (C=O) groups is 4. The number of carbonyl (C=O) groups excluding carboxylic acids is 4. The van der Waals surface area contributed by atoms with Crippen LogP contribution in [0.15, 0.2) is 36.4 Å². The lowest BCUT2D eigenvalue weighted by atomic mass is 9.83. The molecular weight excluding hydrogens is 782 g/mol. The standard InChI is InChI=1S/C34H48N4O4.2HI/c1-7-17-37(5,18-8-2)21-15-31(39)35-25-11-13-27-29(23-25)33(41)28-14-12-26(24-30(28)34(27)42)36-32(40)16-22-38(6,19-9-3)20-10-4;;/h11-14,23-24H,7-10,15-22H2,1-6H3;2*1H. The van der Waals surface area contributed by atoms with Crippen molar-refractivity contribution in [3.8, 4) is 0 Å². The molecule has 0 aliphatic heterocycles. The SMILES string of the molecule is CCC[N+](C)(CCC)CCC(=O)Nc1ccc2c(c1)C(=O)c1ccc(NC(=O)CC[N+](C)(CCC)CCC)cc1C2=O.[I-].[I-]. The predicted molar refractivity (Wildman–Crippen MR) is 169 cm³/mol. The van der Waals surface area contributed by atoms with Crippen LogP contribution >= 0.6 is 0 Å². The molecular formula is C34H50I2N4O4. The number of hydrogen-bond acceptors (Lipinski definition) is 4. The van der Waals surface area contributed by atoms with Crippen LogP contribution in [0.25, 0.3) is 0 Å². The third kappa shape index (κ3) is 10.6. The molecule has 0 unspecified atom stereocenters. The summed E-state index contributed by atoms with van der Waals surface area (Å²) in [5, 5.41) is 5.83. The maximum atomic E-state index is 13.4. The molecule has 0 atom stereocenters. The lowest BCUT2D eigenvalue weighted by molar-refractivity contribution is -0.909. The first kappa shape index (κ1) is 40.1. The highest BCUT2D eigenvalue weighted by Crippen LogP contribution is 2.31. The molecule has 0 heterocycles. The number of ketones is 2. The number of amides is 2. The van der Waals surface area contributed by atoms with E-state index in [2.05, 4.69) is 52.4 Å². The maximum absolute atomic E-state index is 13.4. The van der Waals surface area contributed by atoms with Crippen molar-refractivity contribution in [2.24, 2.45) is 0 Å². The van der Waals surface area contributed by atoms with Gasteiger partial charge in [0.2, 0.25) is 11.8 Å². The zero-order valence-corrected chi connectivity index (χ0v) is 31.5. The lowest BCUT2D eigenvalue weighted by Crippen LogP contribution is -3.00. The van der Waals surface area contributed by atoms with Crippen LogP contribution in [0.5, 0.6) is 0 Å². The highest BCUT2D eigenvalue weighted by atomic mass is 127. The van der Waals surface area contributed by atoms with E-state index in [0.29, 0.717) is 35.3 Å². The number of nitrogens with one attached hydrogen (secondary N) is 2. The van der Waals surface area contributed by atoms with Crippen molar-refractivity contribution in [1.29, 1.82) is 0 Å². The molecule has 0 saturated heterocycles. The molecule has 8 nitrogen and oxygen atoms in total. The molecule has 244 valence electrons. The minimum Gasteiger partial charge on any atom is -1.00 e. The van der Waals surface area contributed by atoms with Crippen LogP contribution in [0, 0.1) is 0 Å². The Kier molecular flexibility index (Phi) is 16.7. The fourth-order valence-corrected chi connectivity index (χ4v) is 6.33. The van der Waals surface area contributed by atoms with Gasteiger partial charge in [-0.1, -0.05) is 27.7 Å². The van der Waals surface area contributed by atoms with Gasteiger partial charge in [0.05, 0.1) is 66.2 Å². The van der Waals surface area contributed by atoms with Crippen molar-refractivity contribution >= 4 is 34.8 Å². The summed E-state index contributed by atoms with van der Waals surface area (Å²) in [5.74, 6) is -0.748. The Bertz CT molecular complexity index is 1200. The second kappa shape index (κ2) is 18.3. The number of fused-ring (bicyclic) bond motifs is 2. The van der Waals surface area contributed by atoms with Gasteiger partial charge in [0.1, 0.15) is 0 Å². The summed E-state index contributed by atoms with van der Waals surface area (Å²) < 4.78 is 1.71. The topological polar surface area (TPSA) is 92.3 Å². The zero-order chi connectivity index (χ0) is 30.9. The number of nitrogens with zero attached hydrogens (tertiary/aromatic N) is 2. The molecule has 0 bridgehead atoms. The van der Waals surface area contributed by atoms with Crippen molar-refractivity contribution in [1.82, 2.24) is 0 Å². The zero-order valence-electron chi connectivity index (χ0n) is 27.2. The number of halogens is 2. The number of anilines is 2. The Morgan fingerprint density at radius 3 is 1.16 bits per heavy atom. The van der Waals surface area contributed by atoms with Gasteiger partial charge in [-0.2, -0.15) is 0 Å². The fourth-order valence-electron chi connectivity index (χ4n) is 6.33. The van der Waals surface area contributed by atoms with Crippen molar-refractivity contribution in [3.05, 3.63) is 58.7 Å². The van der Waals surface area contributed by atoms with Crippen LogP contribution in [0.2, 0.25) is 0 Å². The van der Waals surface area contributed by atoms with Crippen LogP contribution in [-0.2, 0) is 9.59 Å². The first-order valence-corrected chi connectivity index (χ1v) is 15.6. The molecule has 0 saturated carbocycles. The Morgan fingerprint density at radius 2 is 0.864 bits per heavy atom. The molecule has 3 rings (SSSR count). The summed E-state index contributed by atoms with van der Waals surface area (Å²) in [6.07, 6.45) is 5.01. The largest absolute Gasteiger partial charge is 1.00 e. The molecule has 10 heteroatoms. The van der Waals surface area contributed by atoms with E-state index < -0.39 is 0 Å².